The summed E-state index contributed by atoms with van der Waals surface area (Å²) in [5.74, 6) is -0.529. The number of rotatable bonds is 6. The number of alkyl halides is 3. The summed E-state index contributed by atoms with van der Waals surface area (Å²) in [4.78, 5) is 26.5. The smallest absolute Gasteiger partial charge is 0.449 e. The zero-order valence-electron chi connectivity index (χ0n) is 14.0. The first-order chi connectivity index (χ1) is 13.5. The van der Waals surface area contributed by atoms with Crippen LogP contribution in [-0.4, -0.2) is 33.2 Å². The van der Waals surface area contributed by atoms with Crippen LogP contribution in [0.2, 0.25) is 0 Å². The third kappa shape index (κ3) is 7.79. The highest BCUT2D eigenvalue weighted by atomic mass is 35.5. The van der Waals surface area contributed by atoms with Crippen molar-refractivity contribution in [1.82, 2.24) is 9.55 Å². The second-order valence-corrected chi connectivity index (χ2v) is 6.08. The Bertz CT molecular complexity index is 912. The number of halogens is 5. The molecule has 0 radical (unpaired) electrons. The molecule has 156 valence electrons. The number of carbonyl (C=O) groups is 2. The van der Waals surface area contributed by atoms with E-state index in [2.05, 4.69) is 25.1 Å². The van der Waals surface area contributed by atoms with Gasteiger partial charge < -0.3 is 19.9 Å². The van der Waals surface area contributed by atoms with E-state index in [9.17, 15) is 22.8 Å². The van der Waals surface area contributed by atoms with E-state index in [1.54, 1.807) is 0 Å². The van der Waals surface area contributed by atoms with Gasteiger partial charge in [0.15, 0.2) is 5.82 Å². The number of nitrogens with one attached hydrogen (secondary N) is 2. The molecule has 0 saturated heterocycles. The molecule has 0 fully saturated rings. The predicted octanol–water partition coefficient (Wildman–Crippen LogP) is 4.80. The Morgan fingerprint density at radius 3 is 2.41 bits per heavy atom. The first kappa shape index (κ1) is 22.2. The zero-order valence-corrected chi connectivity index (χ0v) is 15.5. The average Bonchev–Trinajstić information content (AvgIpc) is 2.93. The lowest BCUT2D eigenvalue weighted by Crippen LogP contribution is -2.20. The fourth-order valence-electron chi connectivity index (χ4n) is 1.94. The van der Waals surface area contributed by atoms with Gasteiger partial charge in [-0.25, -0.2) is 9.59 Å². The Hall–Kier alpha value is -3.12. The third-order valence-corrected chi connectivity index (χ3v) is 3.26. The molecule has 1 aromatic carbocycles. The van der Waals surface area contributed by atoms with E-state index in [1.165, 1.54) is 29.0 Å². The molecule has 29 heavy (non-hydrogen) atoms. The van der Waals surface area contributed by atoms with Crippen LogP contribution in [0.3, 0.4) is 0 Å². The standard InChI is InChI=1S/C15H11Cl2F3N4O5/c16-10(17)5-6-24-7-11(23-13(24)28-14(26)27)22-12(25)21-8-1-3-9(4-2-8)29-15(18,19)20/h1-5,7H,6H2,(H,26,27)(H2,21,22,25). The molecule has 0 unspecified atom stereocenters. The monoisotopic (exact) mass is 454 g/mol. The lowest BCUT2D eigenvalue weighted by Gasteiger charge is -2.10. The molecule has 0 aliphatic heterocycles. The van der Waals surface area contributed by atoms with Gasteiger partial charge in [-0.2, -0.15) is 4.98 Å². The Morgan fingerprint density at radius 1 is 1.21 bits per heavy atom. The molecule has 0 aliphatic carbocycles. The Balaban J connectivity index is 2.04. The number of aromatic nitrogens is 2. The van der Waals surface area contributed by atoms with Gasteiger partial charge >= 0.3 is 24.6 Å². The van der Waals surface area contributed by atoms with Gasteiger partial charge in [-0.1, -0.05) is 23.2 Å². The minimum Gasteiger partial charge on any atom is -0.449 e. The van der Waals surface area contributed by atoms with E-state index < -0.39 is 24.3 Å². The molecular formula is C15H11Cl2F3N4O5. The van der Waals surface area contributed by atoms with Crippen molar-refractivity contribution in [3.63, 3.8) is 0 Å². The van der Waals surface area contributed by atoms with Crippen LogP contribution in [0.15, 0.2) is 41.0 Å². The number of carbonyl (C=O) groups excluding carboxylic acids is 1. The summed E-state index contributed by atoms with van der Waals surface area (Å²) >= 11 is 11.0. The van der Waals surface area contributed by atoms with Gasteiger partial charge in [0.05, 0.1) is 6.20 Å². The van der Waals surface area contributed by atoms with E-state index >= 15 is 0 Å². The SMILES string of the molecule is O=C(Nc1ccc(OC(F)(F)F)cc1)Nc1cn(CC=C(Cl)Cl)c(OC(=O)O)n1. The third-order valence-electron chi connectivity index (χ3n) is 2.95. The molecule has 0 aliphatic rings. The van der Waals surface area contributed by atoms with Crippen molar-refractivity contribution in [1.29, 1.82) is 0 Å². The zero-order chi connectivity index (χ0) is 21.6. The Morgan fingerprint density at radius 2 is 1.86 bits per heavy atom. The number of anilines is 2. The lowest BCUT2D eigenvalue weighted by molar-refractivity contribution is -0.274. The van der Waals surface area contributed by atoms with Crippen molar-refractivity contribution in [2.75, 3.05) is 10.6 Å². The number of benzene rings is 1. The summed E-state index contributed by atoms with van der Waals surface area (Å²) < 4.78 is 45.7. The fourth-order valence-corrected chi connectivity index (χ4v) is 2.07. The van der Waals surface area contributed by atoms with Crippen LogP contribution < -0.4 is 20.1 Å². The summed E-state index contributed by atoms with van der Waals surface area (Å²) in [7, 11) is 0. The van der Waals surface area contributed by atoms with E-state index in [-0.39, 0.29) is 28.6 Å². The second kappa shape index (κ2) is 9.39. The van der Waals surface area contributed by atoms with Crippen LogP contribution in [0.1, 0.15) is 0 Å². The van der Waals surface area contributed by atoms with Gasteiger partial charge in [-0.15, -0.1) is 13.2 Å². The van der Waals surface area contributed by atoms with Crippen LogP contribution in [0, 0.1) is 0 Å². The molecule has 14 heteroatoms. The molecule has 0 saturated carbocycles. The number of allylic oxidation sites excluding steroid dienone is 1. The molecule has 0 bridgehead atoms. The lowest BCUT2D eigenvalue weighted by atomic mass is 10.3. The molecule has 2 aromatic rings. The molecule has 1 aromatic heterocycles. The summed E-state index contributed by atoms with van der Waals surface area (Å²) in [6.07, 6.45) is -3.88. The molecule has 2 rings (SSSR count). The minimum atomic E-state index is -4.83. The Kier molecular flexibility index (Phi) is 7.18. The maximum absolute atomic E-state index is 12.1. The van der Waals surface area contributed by atoms with Gasteiger partial charge in [0.2, 0.25) is 0 Å². The quantitative estimate of drug-likeness (QED) is 0.540. The number of ether oxygens (including phenoxy) is 2. The topological polar surface area (TPSA) is 115 Å². The number of hydrogen-bond donors (Lipinski definition) is 3. The molecule has 0 atom stereocenters. The summed E-state index contributed by atoms with van der Waals surface area (Å²) in [6, 6.07) is 3.24. The molecule has 0 spiro atoms. The normalized spacial score (nSPS) is 10.8. The van der Waals surface area contributed by atoms with Crippen LogP contribution in [0.5, 0.6) is 11.8 Å². The van der Waals surface area contributed by atoms with E-state index in [1.807, 2.05) is 0 Å². The second-order valence-electron chi connectivity index (χ2n) is 5.07. The highest BCUT2D eigenvalue weighted by molar-refractivity contribution is 6.55. The predicted molar refractivity (Wildman–Crippen MR) is 96.4 cm³/mol. The highest BCUT2D eigenvalue weighted by Gasteiger charge is 2.31. The first-order valence-corrected chi connectivity index (χ1v) is 8.20. The van der Waals surface area contributed by atoms with Gasteiger partial charge in [-0.3, -0.25) is 9.88 Å². The van der Waals surface area contributed by atoms with Crippen LogP contribution in [-0.2, 0) is 6.54 Å². The molecular weight excluding hydrogens is 444 g/mol. The summed E-state index contributed by atoms with van der Waals surface area (Å²) in [6.45, 7) is 0.00190. The van der Waals surface area contributed by atoms with Gasteiger partial charge in [0.1, 0.15) is 10.2 Å². The summed E-state index contributed by atoms with van der Waals surface area (Å²) in [5, 5.41) is 13.4. The highest BCUT2D eigenvalue weighted by Crippen LogP contribution is 2.24. The van der Waals surface area contributed by atoms with Crippen molar-refractivity contribution < 1.29 is 37.3 Å². The first-order valence-electron chi connectivity index (χ1n) is 7.45. The maximum Gasteiger partial charge on any atom is 0.573 e. The maximum atomic E-state index is 12.1. The van der Waals surface area contributed by atoms with Crippen LogP contribution in [0.4, 0.5) is 34.3 Å². The number of hydrogen-bond acceptors (Lipinski definition) is 5. The van der Waals surface area contributed by atoms with E-state index in [4.69, 9.17) is 28.3 Å². The van der Waals surface area contributed by atoms with Crippen LogP contribution >= 0.6 is 23.2 Å². The van der Waals surface area contributed by atoms with E-state index in [0.717, 1.165) is 12.1 Å². The number of nitrogens with zero attached hydrogens (tertiary/aromatic N) is 2. The number of urea groups is 1. The van der Waals surface area contributed by atoms with Crippen molar-refractivity contribution in [2.45, 2.75) is 12.9 Å². The van der Waals surface area contributed by atoms with Crippen LogP contribution in [0.25, 0.3) is 0 Å². The number of imidazole rings is 1. The molecule has 2 amide bonds. The number of carboxylic acid groups (broad SMARTS) is 1. The van der Waals surface area contributed by atoms with Gasteiger partial charge in [-0.05, 0) is 30.3 Å². The Labute approximate surface area is 170 Å². The summed E-state index contributed by atoms with van der Waals surface area (Å²) in [5.41, 5.74) is 0.162. The van der Waals surface area contributed by atoms with Gasteiger partial charge in [0, 0.05) is 12.2 Å². The fraction of sp³-hybridized carbons (Fsp3) is 0.133. The van der Waals surface area contributed by atoms with Crippen molar-refractivity contribution in [3.8, 4) is 11.8 Å². The van der Waals surface area contributed by atoms with E-state index in [0.29, 0.717) is 0 Å². The van der Waals surface area contributed by atoms with Gasteiger partial charge in [0.25, 0.3) is 0 Å². The van der Waals surface area contributed by atoms with Crippen molar-refractivity contribution in [2.24, 2.45) is 0 Å². The van der Waals surface area contributed by atoms with Crippen molar-refractivity contribution in [3.05, 3.63) is 41.0 Å². The average molecular weight is 455 g/mol. The van der Waals surface area contributed by atoms with Crippen molar-refractivity contribution >= 4 is 46.9 Å². The minimum absolute atomic E-state index is 0.00190. The molecule has 1 heterocycles. The molecule has 3 N–H and O–H groups in total. The largest absolute Gasteiger partial charge is 0.573 e. The molecule has 9 nitrogen and oxygen atoms in total. The number of amides is 2.